The molecule has 0 aliphatic carbocycles. The van der Waals surface area contributed by atoms with Crippen LogP contribution in [0.4, 0.5) is 0 Å². The molecule has 0 radical (unpaired) electrons. The third-order valence-corrected chi connectivity index (χ3v) is 2.04. The second-order valence-electron chi connectivity index (χ2n) is 4.08. The zero-order chi connectivity index (χ0) is 10.2. The summed E-state index contributed by atoms with van der Waals surface area (Å²) < 4.78 is 0. The van der Waals surface area contributed by atoms with Gasteiger partial charge < -0.3 is 5.32 Å². The fraction of sp³-hybridized carbons (Fsp3) is 0.727. The highest BCUT2D eigenvalue weighted by Crippen LogP contribution is 2.20. The van der Waals surface area contributed by atoms with Crippen molar-refractivity contribution in [2.75, 3.05) is 13.1 Å². The lowest BCUT2D eigenvalue weighted by atomic mass is 9.88. The molecule has 1 N–H and O–H groups in total. The number of nitriles is 1. The van der Waals surface area contributed by atoms with Crippen molar-refractivity contribution in [1.82, 2.24) is 5.32 Å². The van der Waals surface area contributed by atoms with Gasteiger partial charge in [-0.2, -0.15) is 5.26 Å². The molecule has 0 heterocycles. The molecule has 0 unspecified atom stereocenters. The minimum Gasteiger partial charge on any atom is -0.316 e. The molecule has 0 aromatic carbocycles. The predicted molar refractivity (Wildman–Crippen MR) is 56.3 cm³/mol. The lowest BCUT2D eigenvalue weighted by Gasteiger charge is -2.23. The fourth-order valence-corrected chi connectivity index (χ4v) is 1.11. The first kappa shape index (κ1) is 12.2. The van der Waals surface area contributed by atoms with E-state index in [4.69, 9.17) is 5.26 Å². The van der Waals surface area contributed by atoms with Gasteiger partial charge >= 0.3 is 0 Å². The largest absolute Gasteiger partial charge is 0.316 e. The van der Waals surface area contributed by atoms with Crippen LogP contribution in [0.2, 0.25) is 0 Å². The van der Waals surface area contributed by atoms with Crippen molar-refractivity contribution in [3.05, 3.63) is 12.7 Å². The minimum absolute atomic E-state index is 0.233. The Balaban J connectivity index is 3.51. The van der Waals surface area contributed by atoms with E-state index in [0.29, 0.717) is 6.42 Å². The Kier molecular flexibility index (Phi) is 6.26. The summed E-state index contributed by atoms with van der Waals surface area (Å²) in [5.74, 6) is 0. The van der Waals surface area contributed by atoms with Crippen LogP contribution < -0.4 is 5.32 Å². The molecule has 0 aliphatic heterocycles. The fourth-order valence-electron chi connectivity index (χ4n) is 1.11. The highest BCUT2D eigenvalue weighted by atomic mass is 14.9. The SMILES string of the molecule is C=CCCNCC(C)(C)CCC#N. The molecule has 0 fully saturated rings. The molecular weight excluding hydrogens is 160 g/mol. The van der Waals surface area contributed by atoms with Crippen LogP contribution >= 0.6 is 0 Å². The summed E-state index contributed by atoms with van der Waals surface area (Å²) in [7, 11) is 0. The van der Waals surface area contributed by atoms with E-state index in [9.17, 15) is 0 Å². The monoisotopic (exact) mass is 180 g/mol. The topological polar surface area (TPSA) is 35.8 Å². The van der Waals surface area contributed by atoms with Crippen molar-refractivity contribution < 1.29 is 0 Å². The maximum atomic E-state index is 8.46. The molecule has 74 valence electrons. The zero-order valence-electron chi connectivity index (χ0n) is 8.77. The summed E-state index contributed by atoms with van der Waals surface area (Å²) in [4.78, 5) is 0. The molecular formula is C11H20N2. The van der Waals surface area contributed by atoms with E-state index >= 15 is 0 Å². The Bertz CT molecular complexity index is 177. The third kappa shape index (κ3) is 7.55. The Labute approximate surface area is 81.6 Å². The lowest BCUT2D eigenvalue weighted by Crippen LogP contribution is -2.29. The van der Waals surface area contributed by atoms with Crippen molar-refractivity contribution in [3.63, 3.8) is 0 Å². The smallest absolute Gasteiger partial charge is 0.0621 e. The van der Waals surface area contributed by atoms with E-state index in [1.54, 1.807) is 0 Å². The van der Waals surface area contributed by atoms with E-state index < -0.39 is 0 Å². The average Bonchev–Trinajstić information content (AvgIpc) is 2.09. The Morgan fingerprint density at radius 1 is 1.54 bits per heavy atom. The van der Waals surface area contributed by atoms with Gasteiger partial charge in [-0.15, -0.1) is 6.58 Å². The van der Waals surface area contributed by atoms with E-state index in [1.807, 2.05) is 6.08 Å². The van der Waals surface area contributed by atoms with E-state index in [-0.39, 0.29) is 5.41 Å². The molecule has 0 saturated heterocycles. The second-order valence-corrected chi connectivity index (χ2v) is 4.08. The predicted octanol–water partition coefficient (Wildman–Crippen LogP) is 2.48. The van der Waals surface area contributed by atoms with Gasteiger partial charge in [0.15, 0.2) is 0 Å². The Morgan fingerprint density at radius 3 is 2.77 bits per heavy atom. The van der Waals surface area contributed by atoms with E-state index in [2.05, 4.69) is 31.8 Å². The van der Waals surface area contributed by atoms with Crippen LogP contribution in [0.5, 0.6) is 0 Å². The Hall–Kier alpha value is -0.810. The van der Waals surface area contributed by atoms with Crippen molar-refractivity contribution in [3.8, 4) is 6.07 Å². The molecule has 0 aromatic rings. The molecule has 0 atom stereocenters. The first-order valence-electron chi connectivity index (χ1n) is 4.81. The van der Waals surface area contributed by atoms with Gasteiger partial charge in [0, 0.05) is 13.0 Å². The van der Waals surface area contributed by atoms with Gasteiger partial charge in [0.1, 0.15) is 0 Å². The third-order valence-electron chi connectivity index (χ3n) is 2.04. The maximum absolute atomic E-state index is 8.46. The van der Waals surface area contributed by atoms with Gasteiger partial charge in [-0.05, 0) is 24.8 Å². The standard InChI is InChI=1S/C11H20N2/c1-4-5-9-13-10-11(2,3)7-6-8-12/h4,13H,1,5-7,9-10H2,2-3H3. The van der Waals surface area contributed by atoms with Crippen LogP contribution in [0, 0.1) is 16.7 Å². The molecule has 13 heavy (non-hydrogen) atoms. The highest BCUT2D eigenvalue weighted by Gasteiger charge is 2.15. The summed E-state index contributed by atoms with van der Waals surface area (Å²) in [6.07, 6.45) is 4.53. The number of hydrogen-bond donors (Lipinski definition) is 1. The maximum Gasteiger partial charge on any atom is 0.0621 e. The van der Waals surface area contributed by atoms with Gasteiger partial charge in [0.25, 0.3) is 0 Å². The van der Waals surface area contributed by atoms with Crippen LogP contribution in [-0.2, 0) is 0 Å². The summed E-state index contributed by atoms with van der Waals surface area (Å²) in [5, 5.41) is 11.8. The van der Waals surface area contributed by atoms with Crippen LogP contribution in [0.25, 0.3) is 0 Å². The van der Waals surface area contributed by atoms with Crippen molar-refractivity contribution in [1.29, 1.82) is 5.26 Å². The molecule has 0 aromatic heterocycles. The summed E-state index contributed by atoms with van der Waals surface area (Å²) in [6, 6.07) is 2.18. The summed E-state index contributed by atoms with van der Waals surface area (Å²) in [6.45, 7) is 9.99. The number of nitrogens with one attached hydrogen (secondary N) is 1. The second kappa shape index (κ2) is 6.68. The molecule has 2 heteroatoms. The van der Waals surface area contributed by atoms with E-state index in [0.717, 1.165) is 25.9 Å². The first-order chi connectivity index (χ1) is 6.12. The van der Waals surface area contributed by atoms with Crippen LogP contribution in [0.15, 0.2) is 12.7 Å². The summed E-state index contributed by atoms with van der Waals surface area (Å²) >= 11 is 0. The van der Waals surface area contributed by atoms with Crippen LogP contribution in [-0.4, -0.2) is 13.1 Å². The van der Waals surface area contributed by atoms with Crippen LogP contribution in [0.1, 0.15) is 33.1 Å². The molecule has 0 saturated carbocycles. The zero-order valence-corrected chi connectivity index (χ0v) is 8.77. The molecule has 0 amide bonds. The van der Waals surface area contributed by atoms with Gasteiger partial charge in [-0.1, -0.05) is 19.9 Å². The lowest BCUT2D eigenvalue weighted by molar-refractivity contribution is 0.320. The van der Waals surface area contributed by atoms with Gasteiger partial charge in [-0.25, -0.2) is 0 Å². The van der Waals surface area contributed by atoms with Crippen molar-refractivity contribution in [2.45, 2.75) is 33.1 Å². The van der Waals surface area contributed by atoms with Crippen LogP contribution in [0.3, 0.4) is 0 Å². The molecule has 2 nitrogen and oxygen atoms in total. The van der Waals surface area contributed by atoms with Gasteiger partial charge in [0.05, 0.1) is 6.07 Å². The van der Waals surface area contributed by atoms with Gasteiger partial charge in [0.2, 0.25) is 0 Å². The normalized spacial score (nSPS) is 10.8. The van der Waals surface area contributed by atoms with Crippen molar-refractivity contribution in [2.24, 2.45) is 5.41 Å². The minimum atomic E-state index is 0.233. The first-order valence-corrected chi connectivity index (χ1v) is 4.81. The molecule has 0 spiro atoms. The summed E-state index contributed by atoms with van der Waals surface area (Å²) in [5.41, 5.74) is 0.233. The van der Waals surface area contributed by atoms with Crippen molar-refractivity contribution >= 4 is 0 Å². The number of rotatable bonds is 7. The van der Waals surface area contributed by atoms with E-state index in [1.165, 1.54) is 0 Å². The highest BCUT2D eigenvalue weighted by molar-refractivity contribution is 4.79. The number of nitrogens with zero attached hydrogens (tertiary/aromatic N) is 1. The number of hydrogen-bond acceptors (Lipinski definition) is 2. The molecule has 0 bridgehead atoms. The molecule has 0 rings (SSSR count). The van der Waals surface area contributed by atoms with Gasteiger partial charge in [-0.3, -0.25) is 0 Å². The molecule has 0 aliphatic rings. The average molecular weight is 180 g/mol. The Morgan fingerprint density at radius 2 is 2.23 bits per heavy atom. The quantitative estimate of drug-likeness (QED) is 0.482.